The number of rotatable bonds is 4. The molecule has 6 heteroatoms. The number of anilines is 1. The van der Waals surface area contributed by atoms with Crippen molar-refractivity contribution in [3.05, 3.63) is 54.1 Å². The van der Waals surface area contributed by atoms with Crippen molar-refractivity contribution in [1.29, 1.82) is 0 Å². The van der Waals surface area contributed by atoms with E-state index in [0.717, 1.165) is 12.8 Å². The van der Waals surface area contributed by atoms with Gasteiger partial charge < -0.3 is 19.7 Å². The van der Waals surface area contributed by atoms with E-state index < -0.39 is 6.10 Å². The Balaban J connectivity index is 1.69. The SMILES string of the molecule is CNC(=O)C1CN(C(=O)c2ccccc2OC2CC2)c2ccccc2O1. The van der Waals surface area contributed by atoms with Crippen LogP contribution in [-0.4, -0.2) is 37.6 Å². The average Bonchev–Trinajstić information content (AvgIpc) is 3.50. The Hall–Kier alpha value is -3.02. The molecule has 6 nitrogen and oxygen atoms in total. The lowest BCUT2D eigenvalue weighted by Gasteiger charge is -2.34. The van der Waals surface area contributed by atoms with Gasteiger partial charge in [-0.15, -0.1) is 0 Å². The summed E-state index contributed by atoms with van der Waals surface area (Å²) >= 11 is 0. The van der Waals surface area contributed by atoms with Crippen molar-refractivity contribution >= 4 is 17.5 Å². The van der Waals surface area contributed by atoms with Gasteiger partial charge in [0, 0.05) is 7.05 Å². The lowest BCUT2D eigenvalue weighted by Crippen LogP contribution is -2.50. The highest BCUT2D eigenvalue weighted by molar-refractivity contribution is 6.09. The molecule has 2 aromatic carbocycles. The molecule has 1 N–H and O–H groups in total. The zero-order valence-corrected chi connectivity index (χ0v) is 14.5. The number of amides is 2. The van der Waals surface area contributed by atoms with Crippen molar-refractivity contribution in [3.8, 4) is 11.5 Å². The molecule has 1 heterocycles. The number of likely N-dealkylation sites (N-methyl/N-ethyl adjacent to an activating group) is 1. The minimum atomic E-state index is -0.754. The molecule has 1 saturated carbocycles. The Morgan fingerprint density at radius 1 is 1.12 bits per heavy atom. The minimum absolute atomic E-state index is 0.146. The number of hydrogen-bond acceptors (Lipinski definition) is 4. The van der Waals surface area contributed by atoms with Crippen LogP contribution in [0.25, 0.3) is 0 Å². The number of carbonyl (C=O) groups excluding carboxylic acids is 2. The minimum Gasteiger partial charge on any atom is -0.490 e. The van der Waals surface area contributed by atoms with E-state index >= 15 is 0 Å². The molecule has 0 bridgehead atoms. The van der Waals surface area contributed by atoms with Crippen LogP contribution in [0.2, 0.25) is 0 Å². The van der Waals surface area contributed by atoms with Crippen LogP contribution >= 0.6 is 0 Å². The standard InChI is InChI=1S/C20H20N2O4/c1-21-19(23)18-12-22(15-7-3-5-9-17(15)26-18)20(24)14-6-2-4-8-16(14)25-13-10-11-13/h2-9,13,18H,10-12H2,1H3,(H,21,23). The summed E-state index contributed by atoms with van der Waals surface area (Å²) in [5, 5.41) is 2.58. The first-order chi connectivity index (χ1) is 12.7. The normalized spacial score (nSPS) is 18.5. The number of nitrogens with zero attached hydrogens (tertiary/aromatic N) is 1. The quantitative estimate of drug-likeness (QED) is 0.917. The Morgan fingerprint density at radius 3 is 2.62 bits per heavy atom. The zero-order valence-electron chi connectivity index (χ0n) is 14.5. The number of carbonyl (C=O) groups is 2. The van der Waals surface area contributed by atoms with Gasteiger partial charge in [0.25, 0.3) is 11.8 Å². The highest BCUT2D eigenvalue weighted by Crippen LogP contribution is 2.36. The number of fused-ring (bicyclic) bond motifs is 1. The van der Waals surface area contributed by atoms with Crippen LogP contribution in [0.1, 0.15) is 23.2 Å². The van der Waals surface area contributed by atoms with E-state index in [1.54, 1.807) is 24.1 Å². The Bertz CT molecular complexity index is 847. The smallest absolute Gasteiger partial charge is 0.262 e. The third-order valence-electron chi connectivity index (χ3n) is 4.49. The van der Waals surface area contributed by atoms with Gasteiger partial charge in [-0.1, -0.05) is 24.3 Å². The summed E-state index contributed by atoms with van der Waals surface area (Å²) in [6.07, 6.45) is 1.47. The highest BCUT2D eigenvalue weighted by atomic mass is 16.5. The van der Waals surface area contributed by atoms with Gasteiger partial charge in [0.1, 0.15) is 11.5 Å². The number of benzene rings is 2. The second-order valence-electron chi connectivity index (χ2n) is 6.42. The summed E-state index contributed by atoms with van der Waals surface area (Å²) in [5.74, 6) is 0.632. The van der Waals surface area contributed by atoms with Gasteiger partial charge in [0.15, 0.2) is 6.10 Å². The van der Waals surface area contributed by atoms with Gasteiger partial charge in [0.05, 0.1) is 23.9 Å². The van der Waals surface area contributed by atoms with Crippen LogP contribution < -0.4 is 19.7 Å². The topological polar surface area (TPSA) is 67.9 Å². The molecular formula is C20H20N2O4. The molecule has 1 aliphatic carbocycles. The van der Waals surface area contributed by atoms with Crippen LogP contribution in [-0.2, 0) is 4.79 Å². The van der Waals surface area contributed by atoms with E-state index in [1.165, 1.54) is 0 Å². The second kappa shape index (κ2) is 6.71. The summed E-state index contributed by atoms with van der Waals surface area (Å²) in [4.78, 5) is 27.0. The fourth-order valence-corrected chi connectivity index (χ4v) is 2.98. The fraction of sp³-hybridized carbons (Fsp3) is 0.300. The average molecular weight is 352 g/mol. The van der Waals surface area contributed by atoms with Crippen LogP contribution in [0.15, 0.2) is 48.5 Å². The maximum absolute atomic E-state index is 13.3. The molecule has 0 aromatic heterocycles. The van der Waals surface area contributed by atoms with Gasteiger partial charge in [-0.2, -0.15) is 0 Å². The first-order valence-electron chi connectivity index (χ1n) is 8.72. The molecule has 26 heavy (non-hydrogen) atoms. The van der Waals surface area contributed by atoms with Crippen LogP contribution in [0, 0.1) is 0 Å². The molecule has 1 atom stereocenters. The van der Waals surface area contributed by atoms with Crippen molar-refractivity contribution in [1.82, 2.24) is 5.32 Å². The number of ether oxygens (including phenoxy) is 2. The highest BCUT2D eigenvalue weighted by Gasteiger charge is 2.35. The van der Waals surface area contributed by atoms with E-state index in [2.05, 4.69) is 5.32 Å². The van der Waals surface area contributed by atoms with E-state index in [1.807, 2.05) is 36.4 Å². The lowest BCUT2D eigenvalue weighted by molar-refractivity contribution is -0.127. The van der Waals surface area contributed by atoms with Gasteiger partial charge in [0.2, 0.25) is 0 Å². The molecule has 1 fully saturated rings. The first kappa shape index (κ1) is 16.4. The molecule has 134 valence electrons. The Kier molecular flexibility index (Phi) is 4.24. The van der Waals surface area contributed by atoms with Crippen LogP contribution in [0.5, 0.6) is 11.5 Å². The van der Waals surface area contributed by atoms with Gasteiger partial charge in [-0.25, -0.2) is 0 Å². The molecule has 1 aliphatic heterocycles. The summed E-state index contributed by atoms with van der Waals surface area (Å²) < 4.78 is 11.7. The molecule has 4 rings (SSSR count). The number of hydrogen-bond donors (Lipinski definition) is 1. The maximum Gasteiger partial charge on any atom is 0.262 e. The van der Waals surface area contributed by atoms with E-state index in [4.69, 9.17) is 9.47 Å². The third-order valence-corrected chi connectivity index (χ3v) is 4.49. The summed E-state index contributed by atoms with van der Waals surface area (Å²) in [6.45, 7) is 0.146. The van der Waals surface area contributed by atoms with E-state index in [9.17, 15) is 9.59 Å². The summed E-state index contributed by atoms with van der Waals surface area (Å²) in [5.41, 5.74) is 1.14. The van der Waals surface area contributed by atoms with Crippen molar-refractivity contribution < 1.29 is 19.1 Å². The van der Waals surface area contributed by atoms with Gasteiger partial charge in [-0.3, -0.25) is 9.59 Å². The second-order valence-corrected chi connectivity index (χ2v) is 6.42. The Morgan fingerprint density at radius 2 is 1.85 bits per heavy atom. The lowest BCUT2D eigenvalue weighted by atomic mass is 10.1. The Labute approximate surface area is 151 Å². The van der Waals surface area contributed by atoms with Gasteiger partial charge in [-0.05, 0) is 37.1 Å². The molecule has 0 spiro atoms. The summed E-state index contributed by atoms with van der Waals surface area (Å²) in [7, 11) is 1.55. The zero-order chi connectivity index (χ0) is 18.1. The van der Waals surface area contributed by atoms with E-state index in [0.29, 0.717) is 22.7 Å². The number of nitrogens with one attached hydrogen (secondary N) is 1. The number of para-hydroxylation sites is 3. The third kappa shape index (κ3) is 3.10. The van der Waals surface area contributed by atoms with Crippen molar-refractivity contribution in [2.24, 2.45) is 0 Å². The van der Waals surface area contributed by atoms with Gasteiger partial charge >= 0.3 is 0 Å². The predicted molar refractivity (Wildman–Crippen MR) is 96.7 cm³/mol. The molecule has 0 radical (unpaired) electrons. The predicted octanol–water partition coefficient (Wildman–Crippen LogP) is 2.38. The van der Waals surface area contributed by atoms with Crippen molar-refractivity contribution in [2.75, 3.05) is 18.5 Å². The van der Waals surface area contributed by atoms with Crippen molar-refractivity contribution in [3.63, 3.8) is 0 Å². The van der Waals surface area contributed by atoms with Crippen LogP contribution in [0.4, 0.5) is 5.69 Å². The monoisotopic (exact) mass is 352 g/mol. The van der Waals surface area contributed by atoms with E-state index in [-0.39, 0.29) is 24.5 Å². The largest absolute Gasteiger partial charge is 0.490 e. The maximum atomic E-state index is 13.3. The summed E-state index contributed by atoms with van der Waals surface area (Å²) in [6, 6.07) is 14.5. The first-order valence-corrected chi connectivity index (χ1v) is 8.72. The molecule has 1 unspecified atom stereocenters. The molecule has 2 amide bonds. The molecular weight excluding hydrogens is 332 g/mol. The molecule has 2 aliphatic rings. The fourth-order valence-electron chi connectivity index (χ4n) is 2.98. The molecule has 0 saturated heterocycles. The van der Waals surface area contributed by atoms with Crippen molar-refractivity contribution in [2.45, 2.75) is 25.0 Å². The molecule has 2 aromatic rings. The van der Waals surface area contributed by atoms with Crippen LogP contribution in [0.3, 0.4) is 0 Å².